The first-order chi connectivity index (χ1) is 3.81. The fourth-order valence-corrected chi connectivity index (χ4v) is 0.283. The van der Waals surface area contributed by atoms with Gasteiger partial charge >= 0.3 is 0 Å². The van der Waals surface area contributed by atoms with Crippen molar-refractivity contribution in [2.24, 2.45) is 4.99 Å². The highest BCUT2D eigenvalue weighted by molar-refractivity contribution is 5.71. The summed E-state index contributed by atoms with van der Waals surface area (Å²) in [4.78, 5) is 3.60. The molecule has 8 heavy (non-hydrogen) atoms. The van der Waals surface area contributed by atoms with E-state index in [1.165, 1.54) is 0 Å². The van der Waals surface area contributed by atoms with Crippen LogP contribution in [-0.2, 0) is 0 Å². The first-order valence-electron chi connectivity index (χ1n) is 2.60. The normalized spacial score (nSPS) is 11.9. The number of hydrogen-bond acceptors (Lipinski definition) is 2. The topological polar surface area (TPSA) is 35.4 Å². The van der Waals surface area contributed by atoms with Crippen molar-refractivity contribution < 1.29 is 5.11 Å². The van der Waals surface area contributed by atoms with Crippen LogP contribution in [0, 0.1) is 13.8 Å². The van der Waals surface area contributed by atoms with E-state index in [0.29, 0.717) is 13.0 Å². The molecule has 0 aliphatic rings. The maximum atomic E-state index is 10.3. The Balaban J connectivity index is 3.26. The van der Waals surface area contributed by atoms with Crippen LogP contribution in [0.1, 0.15) is 12.8 Å². The summed E-state index contributed by atoms with van der Waals surface area (Å²) in [6.07, 6.45) is 0.950. The molecule has 0 aromatic rings. The summed E-state index contributed by atoms with van der Waals surface area (Å²) in [6.45, 7) is 7.44. The van der Waals surface area contributed by atoms with Crippen molar-refractivity contribution in [1.29, 1.82) is 0 Å². The highest BCUT2D eigenvalue weighted by atomic mass is 16.3. The standard InChI is InChI=1S/C6H10NO/c1-3-5-7-6(8)4-2/h1-5H2. The quantitative estimate of drug-likeness (QED) is 0.291. The van der Waals surface area contributed by atoms with Crippen molar-refractivity contribution in [3.05, 3.63) is 13.8 Å². The molecule has 0 aromatic carbocycles. The molecule has 0 N–H and O–H groups in total. The summed E-state index contributed by atoms with van der Waals surface area (Å²) in [5.74, 6) is -0.131. The van der Waals surface area contributed by atoms with Gasteiger partial charge in [0, 0.05) is 0 Å². The lowest BCUT2D eigenvalue weighted by Gasteiger charge is -2.03. The average Bonchev–Trinajstić information content (AvgIpc) is 1.83. The van der Waals surface area contributed by atoms with Crippen LogP contribution in [-0.4, -0.2) is 12.4 Å². The minimum atomic E-state index is -0.131. The highest BCUT2D eigenvalue weighted by Gasteiger charge is 1.78. The largest absolute Gasteiger partial charge is 0.862 e. The Morgan fingerprint density at radius 2 is 2.38 bits per heavy atom. The molecule has 0 atom stereocenters. The van der Waals surface area contributed by atoms with Gasteiger partial charge < -0.3 is 10.1 Å². The summed E-state index contributed by atoms with van der Waals surface area (Å²) >= 11 is 0. The Bertz CT molecular complexity index is 78.6. The van der Waals surface area contributed by atoms with Crippen LogP contribution >= 0.6 is 0 Å². The molecule has 0 saturated heterocycles. The lowest BCUT2D eigenvalue weighted by atomic mass is 10.4. The second-order valence-corrected chi connectivity index (χ2v) is 1.38. The van der Waals surface area contributed by atoms with Crippen LogP contribution in [0.25, 0.3) is 0 Å². The maximum absolute atomic E-state index is 10.3. The van der Waals surface area contributed by atoms with E-state index in [1.54, 1.807) is 0 Å². The molecule has 0 bridgehead atoms. The first kappa shape index (κ1) is 7.34. The molecule has 0 heterocycles. The molecule has 0 aliphatic carbocycles. The van der Waals surface area contributed by atoms with Crippen molar-refractivity contribution in [3.8, 4) is 0 Å². The van der Waals surface area contributed by atoms with Crippen molar-refractivity contribution >= 4 is 5.90 Å². The maximum Gasteiger partial charge on any atom is 0.104 e. The molecule has 45 valence electrons. The van der Waals surface area contributed by atoms with Gasteiger partial charge in [-0.1, -0.05) is 0 Å². The van der Waals surface area contributed by atoms with E-state index in [1.807, 2.05) is 0 Å². The Hall–Kier alpha value is -0.660. The summed E-state index contributed by atoms with van der Waals surface area (Å²) in [7, 11) is 0. The van der Waals surface area contributed by atoms with Gasteiger partial charge in [-0.3, -0.25) is 0 Å². The van der Waals surface area contributed by atoms with Crippen LogP contribution in [0.4, 0.5) is 0 Å². The zero-order chi connectivity index (χ0) is 6.41. The van der Waals surface area contributed by atoms with Crippen LogP contribution in [0.3, 0.4) is 0 Å². The fourth-order valence-electron chi connectivity index (χ4n) is 0.283. The van der Waals surface area contributed by atoms with E-state index in [4.69, 9.17) is 0 Å². The number of hydrogen-bond donors (Lipinski definition) is 0. The minimum Gasteiger partial charge on any atom is -0.862 e. The van der Waals surface area contributed by atoms with E-state index in [2.05, 4.69) is 18.8 Å². The third-order valence-electron chi connectivity index (χ3n) is 0.660. The van der Waals surface area contributed by atoms with Crippen LogP contribution in [0.15, 0.2) is 4.99 Å². The molecular formula is C6H10NO. The molecule has 0 fully saturated rings. The Morgan fingerprint density at radius 1 is 1.75 bits per heavy atom. The molecule has 0 rings (SSSR count). The third-order valence-corrected chi connectivity index (χ3v) is 0.660. The van der Waals surface area contributed by atoms with Gasteiger partial charge in [0.25, 0.3) is 0 Å². The van der Waals surface area contributed by atoms with Gasteiger partial charge in [0.05, 0.1) is 13.5 Å². The van der Waals surface area contributed by atoms with E-state index in [0.717, 1.165) is 0 Å². The van der Waals surface area contributed by atoms with Crippen molar-refractivity contribution in [2.45, 2.75) is 12.8 Å². The van der Waals surface area contributed by atoms with Crippen molar-refractivity contribution in [3.63, 3.8) is 0 Å². The van der Waals surface area contributed by atoms with E-state index < -0.39 is 0 Å². The van der Waals surface area contributed by atoms with Crippen LogP contribution < -0.4 is 5.11 Å². The number of aliphatic imine (C=N–C) groups is 1. The molecule has 0 saturated carbocycles. The zero-order valence-electron chi connectivity index (χ0n) is 4.89. The molecule has 0 unspecified atom stereocenters. The molecule has 0 aromatic heterocycles. The fraction of sp³-hybridized carbons (Fsp3) is 0.500. The molecule has 0 amide bonds. The van der Waals surface area contributed by atoms with Gasteiger partial charge in [-0.2, -0.15) is 0 Å². The van der Waals surface area contributed by atoms with Gasteiger partial charge in [0.1, 0.15) is 6.42 Å². The van der Waals surface area contributed by atoms with E-state index in [9.17, 15) is 5.11 Å². The van der Waals surface area contributed by atoms with Gasteiger partial charge in [0.15, 0.2) is 0 Å². The number of rotatable bonds is 3. The third kappa shape index (κ3) is 3.53. The molecule has 2 heteroatoms. The van der Waals surface area contributed by atoms with E-state index >= 15 is 0 Å². The number of nitrogens with zero attached hydrogens (tertiary/aromatic N) is 1. The van der Waals surface area contributed by atoms with E-state index in [-0.39, 0.29) is 12.3 Å². The van der Waals surface area contributed by atoms with Gasteiger partial charge in [-0.25, -0.2) is 0 Å². The van der Waals surface area contributed by atoms with Crippen molar-refractivity contribution in [2.75, 3.05) is 6.54 Å². The van der Waals surface area contributed by atoms with Crippen molar-refractivity contribution in [1.82, 2.24) is 0 Å². The smallest absolute Gasteiger partial charge is 0.104 e. The molecule has 2 nitrogen and oxygen atoms in total. The highest BCUT2D eigenvalue weighted by Crippen LogP contribution is 1.79. The Kier molecular flexibility index (Phi) is 4.13. The van der Waals surface area contributed by atoms with Gasteiger partial charge in [-0.15, -0.1) is 0 Å². The summed E-state index contributed by atoms with van der Waals surface area (Å²) in [5.41, 5.74) is 0. The molecule has 1 radical (unpaired) electrons. The molecule has 0 aliphatic heterocycles. The second kappa shape index (κ2) is 4.50. The minimum absolute atomic E-state index is 0.131. The van der Waals surface area contributed by atoms with Crippen LogP contribution in [0.5, 0.6) is 0 Å². The van der Waals surface area contributed by atoms with Crippen LogP contribution in [0.2, 0.25) is 0 Å². The predicted molar refractivity (Wildman–Crippen MR) is 32.2 cm³/mol. The summed E-state index contributed by atoms with van der Waals surface area (Å²) in [6, 6.07) is 0. The lowest BCUT2D eigenvalue weighted by Crippen LogP contribution is -2.16. The molecule has 0 spiro atoms. The second-order valence-electron chi connectivity index (χ2n) is 1.38. The van der Waals surface area contributed by atoms with Gasteiger partial charge in [-0.05, 0) is 19.2 Å². The van der Waals surface area contributed by atoms with Gasteiger partial charge in [0.2, 0.25) is 0 Å². The SMILES string of the molecule is [CH2]CC([O-])=NCC[CH2+]. The monoisotopic (exact) mass is 112 g/mol. The summed E-state index contributed by atoms with van der Waals surface area (Å²) < 4.78 is 0. The molecular weight excluding hydrogens is 102 g/mol. The lowest BCUT2D eigenvalue weighted by molar-refractivity contribution is -0.218. The Morgan fingerprint density at radius 3 is 2.75 bits per heavy atom. The first-order valence-corrected chi connectivity index (χ1v) is 2.60. The zero-order valence-corrected chi connectivity index (χ0v) is 4.89. The summed E-state index contributed by atoms with van der Waals surface area (Å²) in [5, 5.41) is 10.3. The Labute approximate surface area is 50.3 Å². The predicted octanol–water partition coefficient (Wildman–Crippen LogP) is 0.194. The average molecular weight is 112 g/mol.